The minimum absolute atomic E-state index is 0.000220. The molecule has 0 bridgehead atoms. The van der Waals surface area contributed by atoms with Crippen LogP contribution in [0, 0.1) is 0 Å². The van der Waals surface area contributed by atoms with E-state index in [1.807, 2.05) is 12.1 Å². The number of para-hydroxylation sites is 1. The fraction of sp³-hybridized carbons (Fsp3) is 0.120. The third kappa shape index (κ3) is 4.63. The predicted octanol–water partition coefficient (Wildman–Crippen LogP) is 5.49. The third-order valence-electron chi connectivity index (χ3n) is 5.50. The fourth-order valence-corrected chi connectivity index (χ4v) is 3.91. The Labute approximate surface area is 209 Å². The summed E-state index contributed by atoms with van der Waals surface area (Å²) in [5, 5.41) is 11.6. The molecule has 3 aromatic heterocycles. The number of nitrogens with zero attached hydrogens (tertiary/aromatic N) is 5. The van der Waals surface area contributed by atoms with Crippen LogP contribution in [0.15, 0.2) is 73.2 Å². The van der Waals surface area contributed by atoms with Crippen molar-refractivity contribution in [3.63, 3.8) is 0 Å². The SMILES string of the molecule is COc1ccccc1-c1cc(C(F)F)n2ncc(C(=O)Nc3cnn(Cc4ccc(Cl)cc4)c3)c2n1. The van der Waals surface area contributed by atoms with E-state index in [-0.39, 0.29) is 16.9 Å². The number of anilines is 1. The minimum Gasteiger partial charge on any atom is -0.496 e. The summed E-state index contributed by atoms with van der Waals surface area (Å²) < 4.78 is 35.8. The van der Waals surface area contributed by atoms with E-state index >= 15 is 0 Å². The second-order valence-electron chi connectivity index (χ2n) is 7.87. The van der Waals surface area contributed by atoms with Crippen LogP contribution in [-0.2, 0) is 6.54 Å². The molecule has 1 N–H and O–H groups in total. The Bertz CT molecular complexity index is 1550. The molecule has 5 rings (SSSR count). The lowest BCUT2D eigenvalue weighted by Crippen LogP contribution is -2.12. The van der Waals surface area contributed by atoms with Crippen LogP contribution in [-0.4, -0.2) is 37.4 Å². The standard InChI is InChI=1S/C25H19ClF2N6O2/c1-36-22-5-3-2-4-18(22)20-10-21(23(27)28)34-24(32-20)19(12-30-34)25(35)31-17-11-29-33(14-17)13-15-6-8-16(26)9-7-15/h2-12,14,23H,13H2,1H3,(H,31,35). The monoisotopic (exact) mass is 508 g/mol. The molecule has 0 aliphatic heterocycles. The number of amides is 1. The number of ether oxygens (including phenoxy) is 1. The Morgan fingerprint density at radius 3 is 2.64 bits per heavy atom. The highest BCUT2D eigenvalue weighted by Crippen LogP contribution is 2.32. The van der Waals surface area contributed by atoms with Crippen molar-refractivity contribution in [3.8, 4) is 17.0 Å². The summed E-state index contributed by atoms with van der Waals surface area (Å²) in [4.78, 5) is 17.6. The second-order valence-corrected chi connectivity index (χ2v) is 8.30. The van der Waals surface area contributed by atoms with Crippen LogP contribution in [0.5, 0.6) is 5.75 Å². The molecule has 2 aromatic carbocycles. The van der Waals surface area contributed by atoms with Gasteiger partial charge in [0.1, 0.15) is 17.0 Å². The molecule has 36 heavy (non-hydrogen) atoms. The summed E-state index contributed by atoms with van der Waals surface area (Å²) in [6, 6.07) is 15.5. The van der Waals surface area contributed by atoms with Crippen LogP contribution < -0.4 is 10.1 Å². The van der Waals surface area contributed by atoms with E-state index in [9.17, 15) is 13.6 Å². The minimum atomic E-state index is -2.84. The first kappa shape index (κ1) is 23.4. The van der Waals surface area contributed by atoms with Gasteiger partial charge in [0, 0.05) is 16.8 Å². The largest absolute Gasteiger partial charge is 0.496 e. The van der Waals surface area contributed by atoms with Gasteiger partial charge in [0.15, 0.2) is 5.65 Å². The van der Waals surface area contributed by atoms with Crippen molar-refractivity contribution in [2.45, 2.75) is 13.0 Å². The van der Waals surface area contributed by atoms with E-state index in [0.717, 1.165) is 10.1 Å². The van der Waals surface area contributed by atoms with E-state index in [1.54, 1.807) is 47.3 Å². The molecule has 0 aliphatic carbocycles. The van der Waals surface area contributed by atoms with Crippen molar-refractivity contribution in [2.24, 2.45) is 0 Å². The van der Waals surface area contributed by atoms with Crippen LogP contribution in [0.1, 0.15) is 28.0 Å². The van der Waals surface area contributed by atoms with Gasteiger partial charge in [-0.25, -0.2) is 18.3 Å². The molecule has 3 heterocycles. The van der Waals surface area contributed by atoms with Gasteiger partial charge < -0.3 is 10.1 Å². The zero-order chi connectivity index (χ0) is 25.2. The number of benzene rings is 2. The molecule has 0 fully saturated rings. The molecule has 11 heteroatoms. The van der Waals surface area contributed by atoms with Gasteiger partial charge in [0.05, 0.1) is 37.4 Å². The number of aromatic nitrogens is 5. The van der Waals surface area contributed by atoms with Gasteiger partial charge in [-0.15, -0.1) is 0 Å². The van der Waals surface area contributed by atoms with Crippen molar-refractivity contribution in [2.75, 3.05) is 12.4 Å². The van der Waals surface area contributed by atoms with Crippen LogP contribution in [0.4, 0.5) is 14.5 Å². The molecule has 0 atom stereocenters. The van der Waals surface area contributed by atoms with Crippen molar-refractivity contribution < 1.29 is 18.3 Å². The summed E-state index contributed by atoms with van der Waals surface area (Å²) in [5.41, 5.74) is 1.81. The molecule has 0 spiro atoms. The zero-order valence-corrected chi connectivity index (χ0v) is 19.7. The summed E-state index contributed by atoms with van der Waals surface area (Å²) in [7, 11) is 1.48. The Morgan fingerprint density at radius 2 is 1.89 bits per heavy atom. The van der Waals surface area contributed by atoms with Crippen molar-refractivity contribution in [3.05, 3.63) is 95.0 Å². The number of methoxy groups -OCH3 is 1. The smallest absolute Gasteiger partial charge is 0.280 e. The molecule has 1 amide bonds. The summed E-state index contributed by atoms with van der Waals surface area (Å²) in [6.07, 6.45) is 1.54. The molecular formula is C25H19ClF2N6O2. The first-order valence-electron chi connectivity index (χ1n) is 10.8. The van der Waals surface area contributed by atoms with E-state index in [2.05, 4.69) is 20.5 Å². The first-order chi connectivity index (χ1) is 17.4. The number of hydrogen-bond donors (Lipinski definition) is 1. The molecule has 0 saturated carbocycles. The van der Waals surface area contributed by atoms with E-state index in [1.165, 1.54) is 25.6 Å². The molecular weight excluding hydrogens is 490 g/mol. The van der Waals surface area contributed by atoms with Crippen LogP contribution in [0.25, 0.3) is 16.9 Å². The van der Waals surface area contributed by atoms with Gasteiger partial charge in [-0.2, -0.15) is 10.2 Å². The summed E-state index contributed by atoms with van der Waals surface area (Å²) in [5.74, 6) is -0.0888. The molecule has 0 aliphatic rings. The number of hydrogen-bond acceptors (Lipinski definition) is 5. The van der Waals surface area contributed by atoms with Gasteiger partial charge >= 0.3 is 0 Å². The highest BCUT2D eigenvalue weighted by molar-refractivity contribution is 6.30. The average molecular weight is 509 g/mol. The number of nitrogens with one attached hydrogen (secondary N) is 1. The molecule has 0 unspecified atom stereocenters. The number of carbonyl (C=O) groups is 1. The maximum absolute atomic E-state index is 13.9. The molecule has 8 nitrogen and oxygen atoms in total. The van der Waals surface area contributed by atoms with Crippen molar-refractivity contribution in [1.82, 2.24) is 24.4 Å². The van der Waals surface area contributed by atoms with Crippen LogP contribution >= 0.6 is 11.6 Å². The van der Waals surface area contributed by atoms with Crippen LogP contribution in [0.2, 0.25) is 5.02 Å². The lowest BCUT2D eigenvalue weighted by molar-refractivity contribution is 0.102. The van der Waals surface area contributed by atoms with Crippen LogP contribution in [0.3, 0.4) is 0 Å². The highest BCUT2D eigenvalue weighted by atomic mass is 35.5. The van der Waals surface area contributed by atoms with Crippen molar-refractivity contribution >= 4 is 28.8 Å². The predicted molar refractivity (Wildman–Crippen MR) is 131 cm³/mol. The van der Waals surface area contributed by atoms with Gasteiger partial charge in [0.25, 0.3) is 12.3 Å². The van der Waals surface area contributed by atoms with Crippen molar-refractivity contribution in [1.29, 1.82) is 0 Å². The highest BCUT2D eigenvalue weighted by Gasteiger charge is 2.22. The van der Waals surface area contributed by atoms with E-state index in [4.69, 9.17) is 16.3 Å². The molecule has 0 radical (unpaired) electrons. The average Bonchev–Trinajstić information content (AvgIpc) is 3.51. The van der Waals surface area contributed by atoms with Gasteiger partial charge in [-0.05, 0) is 35.9 Å². The Balaban J connectivity index is 1.45. The normalized spacial score (nSPS) is 11.2. The second kappa shape index (κ2) is 9.74. The Hall–Kier alpha value is -4.31. The Morgan fingerprint density at radius 1 is 1.11 bits per heavy atom. The first-order valence-corrected chi connectivity index (χ1v) is 11.2. The quantitative estimate of drug-likeness (QED) is 0.314. The number of fused-ring (bicyclic) bond motifs is 1. The Kier molecular flexibility index (Phi) is 6.34. The zero-order valence-electron chi connectivity index (χ0n) is 18.9. The van der Waals surface area contributed by atoms with Gasteiger partial charge in [0.2, 0.25) is 0 Å². The fourth-order valence-electron chi connectivity index (χ4n) is 3.79. The maximum atomic E-state index is 13.9. The molecule has 182 valence electrons. The number of carbonyl (C=O) groups excluding carboxylic acids is 1. The van der Waals surface area contributed by atoms with Gasteiger partial charge in [-0.1, -0.05) is 35.9 Å². The summed E-state index contributed by atoms with van der Waals surface area (Å²) >= 11 is 5.92. The number of halogens is 3. The lowest BCUT2D eigenvalue weighted by atomic mass is 10.1. The van der Waals surface area contributed by atoms with Gasteiger partial charge in [-0.3, -0.25) is 9.48 Å². The molecule has 0 saturated heterocycles. The molecule has 5 aromatic rings. The maximum Gasteiger partial charge on any atom is 0.280 e. The summed E-state index contributed by atoms with van der Waals surface area (Å²) in [6.45, 7) is 0.478. The van der Waals surface area contributed by atoms with E-state index in [0.29, 0.717) is 28.6 Å². The lowest BCUT2D eigenvalue weighted by Gasteiger charge is -2.11. The van der Waals surface area contributed by atoms with E-state index < -0.39 is 18.0 Å². The number of alkyl halides is 2. The third-order valence-corrected chi connectivity index (χ3v) is 5.75. The number of rotatable bonds is 7. The topological polar surface area (TPSA) is 86.3 Å².